The zero-order chi connectivity index (χ0) is 13.9. The van der Waals surface area contributed by atoms with Gasteiger partial charge in [-0.2, -0.15) is 0 Å². The van der Waals surface area contributed by atoms with Crippen LogP contribution in [0, 0.1) is 6.92 Å². The molecule has 3 heterocycles. The molecule has 0 bridgehead atoms. The monoisotopic (exact) mass is 284 g/mol. The van der Waals surface area contributed by atoms with E-state index in [-0.39, 0.29) is 0 Å². The van der Waals surface area contributed by atoms with E-state index in [1.54, 1.807) is 17.7 Å². The second-order valence-corrected chi connectivity index (χ2v) is 5.51. The molecule has 4 nitrogen and oxygen atoms in total. The number of aryl methyl sites for hydroxylation is 2. The first-order chi connectivity index (χ1) is 9.79. The van der Waals surface area contributed by atoms with Crippen LogP contribution in [0.4, 0.5) is 5.82 Å². The zero-order valence-corrected chi connectivity index (χ0v) is 12.4. The van der Waals surface area contributed by atoms with Gasteiger partial charge < -0.3 is 5.32 Å². The first kappa shape index (κ1) is 13.0. The van der Waals surface area contributed by atoms with Crippen LogP contribution in [0.2, 0.25) is 0 Å². The average molecular weight is 284 g/mol. The van der Waals surface area contributed by atoms with E-state index in [0.29, 0.717) is 6.54 Å². The lowest BCUT2D eigenvalue weighted by Gasteiger charge is -2.09. The number of fused-ring (bicyclic) bond motifs is 1. The molecule has 0 saturated carbocycles. The molecule has 0 saturated heterocycles. The van der Waals surface area contributed by atoms with E-state index in [0.717, 1.165) is 28.1 Å². The van der Waals surface area contributed by atoms with Gasteiger partial charge >= 0.3 is 0 Å². The van der Waals surface area contributed by atoms with Crippen molar-refractivity contribution in [2.24, 2.45) is 0 Å². The lowest BCUT2D eigenvalue weighted by Crippen LogP contribution is -2.06. The first-order valence-corrected chi connectivity index (χ1v) is 7.53. The SMILES string of the molecule is CCc1cccnc1CNc1ncnc2c(C)csc12. The highest BCUT2D eigenvalue weighted by Gasteiger charge is 2.08. The van der Waals surface area contributed by atoms with Gasteiger partial charge in [-0.3, -0.25) is 4.98 Å². The average Bonchev–Trinajstić information content (AvgIpc) is 2.88. The third kappa shape index (κ3) is 2.36. The molecule has 3 aromatic heterocycles. The summed E-state index contributed by atoms with van der Waals surface area (Å²) in [5.74, 6) is 0.890. The van der Waals surface area contributed by atoms with Crippen LogP contribution in [0.3, 0.4) is 0 Å². The van der Waals surface area contributed by atoms with Crippen molar-refractivity contribution in [3.8, 4) is 0 Å². The van der Waals surface area contributed by atoms with Crippen molar-refractivity contribution in [2.75, 3.05) is 5.32 Å². The third-order valence-corrected chi connectivity index (χ3v) is 4.41. The smallest absolute Gasteiger partial charge is 0.147 e. The van der Waals surface area contributed by atoms with E-state index >= 15 is 0 Å². The Labute approximate surface area is 121 Å². The van der Waals surface area contributed by atoms with Gasteiger partial charge in [-0.1, -0.05) is 13.0 Å². The van der Waals surface area contributed by atoms with Gasteiger partial charge in [0.25, 0.3) is 0 Å². The van der Waals surface area contributed by atoms with Crippen molar-refractivity contribution in [3.63, 3.8) is 0 Å². The van der Waals surface area contributed by atoms with E-state index in [9.17, 15) is 0 Å². The molecule has 0 aliphatic carbocycles. The Morgan fingerprint density at radius 2 is 2.15 bits per heavy atom. The molecule has 0 aromatic carbocycles. The summed E-state index contributed by atoms with van der Waals surface area (Å²) in [7, 11) is 0. The van der Waals surface area contributed by atoms with Gasteiger partial charge in [0.05, 0.1) is 22.5 Å². The Morgan fingerprint density at radius 1 is 1.25 bits per heavy atom. The van der Waals surface area contributed by atoms with Crippen LogP contribution in [-0.2, 0) is 13.0 Å². The lowest BCUT2D eigenvalue weighted by atomic mass is 10.1. The number of aromatic nitrogens is 3. The summed E-state index contributed by atoms with van der Waals surface area (Å²) < 4.78 is 1.11. The second kappa shape index (κ2) is 5.54. The number of nitrogens with zero attached hydrogens (tertiary/aromatic N) is 3. The molecule has 3 rings (SSSR count). The fraction of sp³-hybridized carbons (Fsp3) is 0.267. The highest BCUT2D eigenvalue weighted by atomic mass is 32.1. The molecule has 0 spiro atoms. The van der Waals surface area contributed by atoms with Crippen molar-refractivity contribution >= 4 is 27.4 Å². The fourth-order valence-corrected chi connectivity index (χ4v) is 3.18. The number of rotatable bonds is 4. The third-order valence-electron chi connectivity index (χ3n) is 3.32. The number of nitrogens with one attached hydrogen (secondary N) is 1. The minimum atomic E-state index is 0.688. The Balaban J connectivity index is 1.87. The first-order valence-electron chi connectivity index (χ1n) is 6.65. The van der Waals surface area contributed by atoms with Gasteiger partial charge in [0.1, 0.15) is 12.1 Å². The summed E-state index contributed by atoms with van der Waals surface area (Å²) in [5, 5.41) is 5.50. The maximum absolute atomic E-state index is 4.45. The van der Waals surface area contributed by atoms with Gasteiger partial charge in [-0.15, -0.1) is 11.3 Å². The highest BCUT2D eigenvalue weighted by molar-refractivity contribution is 7.18. The maximum Gasteiger partial charge on any atom is 0.147 e. The largest absolute Gasteiger partial charge is 0.363 e. The molecule has 0 aliphatic rings. The Kier molecular flexibility index (Phi) is 3.60. The van der Waals surface area contributed by atoms with Crippen LogP contribution in [0.5, 0.6) is 0 Å². The van der Waals surface area contributed by atoms with Gasteiger partial charge in [0.15, 0.2) is 0 Å². The minimum Gasteiger partial charge on any atom is -0.363 e. The van der Waals surface area contributed by atoms with Gasteiger partial charge in [-0.25, -0.2) is 9.97 Å². The number of thiophene rings is 1. The van der Waals surface area contributed by atoms with E-state index in [4.69, 9.17) is 0 Å². The second-order valence-electron chi connectivity index (χ2n) is 4.64. The summed E-state index contributed by atoms with van der Waals surface area (Å²) in [6.07, 6.45) is 4.44. The van der Waals surface area contributed by atoms with E-state index in [1.807, 2.05) is 12.3 Å². The Bertz CT molecular complexity index is 736. The Hall–Kier alpha value is -2.01. The van der Waals surface area contributed by atoms with E-state index in [1.165, 1.54) is 11.1 Å². The van der Waals surface area contributed by atoms with Crippen molar-refractivity contribution < 1.29 is 0 Å². The molecule has 0 atom stereocenters. The van der Waals surface area contributed by atoms with Gasteiger partial charge in [-0.05, 0) is 35.9 Å². The number of pyridine rings is 1. The van der Waals surface area contributed by atoms with Gasteiger partial charge in [0.2, 0.25) is 0 Å². The molecule has 1 N–H and O–H groups in total. The van der Waals surface area contributed by atoms with E-state index in [2.05, 4.69) is 45.6 Å². The molecule has 3 aromatic rings. The molecule has 0 amide bonds. The predicted octanol–water partition coefficient (Wildman–Crippen LogP) is 3.57. The van der Waals surface area contributed by atoms with Crippen LogP contribution < -0.4 is 5.32 Å². The molecule has 5 heteroatoms. The fourth-order valence-electron chi connectivity index (χ4n) is 2.22. The number of anilines is 1. The molecule has 20 heavy (non-hydrogen) atoms. The molecular formula is C15H16N4S. The van der Waals surface area contributed by atoms with Crippen molar-refractivity contribution in [1.82, 2.24) is 15.0 Å². The summed E-state index contributed by atoms with van der Waals surface area (Å²) >= 11 is 1.68. The highest BCUT2D eigenvalue weighted by Crippen LogP contribution is 2.28. The summed E-state index contributed by atoms with van der Waals surface area (Å²) in [4.78, 5) is 13.1. The van der Waals surface area contributed by atoms with Crippen LogP contribution in [0.15, 0.2) is 30.0 Å². The quantitative estimate of drug-likeness (QED) is 0.795. The molecule has 0 radical (unpaired) electrons. The van der Waals surface area contributed by atoms with Gasteiger partial charge in [0, 0.05) is 6.20 Å². The number of hydrogen-bond donors (Lipinski definition) is 1. The Morgan fingerprint density at radius 3 is 3.00 bits per heavy atom. The van der Waals surface area contributed by atoms with Crippen LogP contribution in [0.25, 0.3) is 10.2 Å². The van der Waals surface area contributed by atoms with Crippen LogP contribution >= 0.6 is 11.3 Å². The molecule has 0 unspecified atom stereocenters. The van der Waals surface area contributed by atoms with Crippen LogP contribution in [-0.4, -0.2) is 15.0 Å². The summed E-state index contributed by atoms with van der Waals surface area (Å²) in [5.41, 5.74) is 4.58. The lowest BCUT2D eigenvalue weighted by molar-refractivity contribution is 0.965. The van der Waals surface area contributed by atoms with Crippen molar-refractivity contribution in [1.29, 1.82) is 0 Å². The standard InChI is InChI=1S/C15H16N4S/c1-3-11-5-4-6-16-12(11)7-17-15-14-13(18-9-19-15)10(2)8-20-14/h4-6,8-9H,3,7H2,1-2H3,(H,17,18,19). The molecular weight excluding hydrogens is 268 g/mol. The molecule has 102 valence electrons. The summed E-state index contributed by atoms with van der Waals surface area (Å²) in [6, 6.07) is 4.10. The minimum absolute atomic E-state index is 0.688. The molecule has 0 aliphatic heterocycles. The zero-order valence-electron chi connectivity index (χ0n) is 11.6. The maximum atomic E-state index is 4.45. The van der Waals surface area contributed by atoms with E-state index < -0.39 is 0 Å². The normalized spacial score (nSPS) is 10.9. The number of hydrogen-bond acceptors (Lipinski definition) is 5. The van der Waals surface area contributed by atoms with Crippen molar-refractivity contribution in [3.05, 3.63) is 46.9 Å². The van der Waals surface area contributed by atoms with Crippen molar-refractivity contribution in [2.45, 2.75) is 26.8 Å². The van der Waals surface area contributed by atoms with Crippen LogP contribution in [0.1, 0.15) is 23.7 Å². The molecule has 0 fully saturated rings. The topological polar surface area (TPSA) is 50.7 Å². The predicted molar refractivity (Wildman–Crippen MR) is 83.1 cm³/mol. The summed E-state index contributed by atoms with van der Waals surface area (Å²) in [6.45, 7) is 4.91.